The molecule has 1 N–H and O–H groups in total. The highest BCUT2D eigenvalue weighted by Gasteiger charge is 2.39. The van der Waals surface area contributed by atoms with Crippen LogP contribution < -0.4 is 5.32 Å². The summed E-state index contributed by atoms with van der Waals surface area (Å²) in [6.45, 7) is 0.373. The van der Waals surface area contributed by atoms with Crippen molar-refractivity contribution in [3.8, 4) is 12.3 Å². The van der Waals surface area contributed by atoms with Crippen LogP contribution in [0.25, 0.3) is 0 Å². The second kappa shape index (κ2) is 6.22. The van der Waals surface area contributed by atoms with Crippen LogP contribution in [-0.4, -0.2) is 21.5 Å². The number of fused-ring (bicyclic) bond motifs is 1. The number of aryl methyl sites for hydroxylation is 2. The average molecular weight is 297 g/mol. The second-order valence-electron chi connectivity index (χ2n) is 5.78. The van der Waals surface area contributed by atoms with Crippen LogP contribution in [-0.2, 0) is 24.2 Å². The lowest BCUT2D eigenvalue weighted by Gasteiger charge is -2.09. The molecule has 1 aromatic heterocycles. The molecule has 1 aliphatic heterocycles. The summed E-state index contributed by atoms with van der Waals surface area (Å²) in [5, 5.41) is 10.9. The minimum Gasteiger partial charge on any atom is -0.349 e. The lowest BCUT2D eigenvalue weighted by Crippen LogP contribution is -2.25. The van der Waals surface area contributed by atoms with Crippen molar-refractivity contribution in [1.29, 1.82) is 0 Å². The minimum atomic E-state index is -0.395. The third-order valence-electron chi connectivity index (χ3n) is 4.11. The average Bonchev–Trinajstić information content (AvgIpc) is 3.16. The van der Waals surface area contributed by atoms with Crippen LogP contribution in [0.1, 0.15) is 49.2 Å². The van der Waals surface area contributed by atoms with Gasteiger partial charge in [-0.25, -0.2) is 9.97 Å². The molecule has 114 valence electrons. The molecule has 0 spiro atoms. The van der Waals surface area contributed by atoms with Crippen LogP contribution in [0.5, 0.6) is 0 Å². The maximum Gasteiger partial charge on any atom is 0.220 e. The van der Waals surface area contributed by atoms with E-state index >= 15 is 0 Å². The molecule has 0 radical (unpaired) electrons. The third kappa shape index (κ3) is 3.48. The molecule has 0 atom stereocenters. The Bertz CT molecular complexity index is 640. The third-order valence-corrected chi connectivity index (χ3v) is 4.11. The van der Waals surface area contributed by atoms with Crippen molar-refractivity contribution < 1.29 is 4.79 Å². The first-order chi connectivity index (χ1) is 10.7. The van der Waals surface area contributed by atoms with Crippen molar-refractivity contribution >= 4 is 5.91 Å². The summed E-state index contributed by atoms with van der Waals surface area (Å²) < 4.78 is 0. The van der Waals surface area contributed by atoms with Gasteiger partial charge in [-0.05, 0) is 24.8 Å². The Morgan fingerprint density at radius 2 is 2.23 bits per heavy atom. The van der Waals surface area contributed by atoms with E-state index in [0.29, 0.717) is 31.6 Å². The van der Waals surface area contributed by atoms with Crippen molar-refractivity contribution in [2.45, 2.75) is 57.2 Å². The van der Waals surface area contributed by atoms with Gasteiger partial charge in [0, 0.05) is 37.6 Å². The van der Waals surface area contributed by atoms with Crippen molar-refractivity contribution in [3.63, 3.8) is 0 Å². The first-order valence-corrected chi connectivity index (χ1v) is 7.69. The van der Waals surface area contributed by atoms with Gasteiger partial charge in [0.25, 0.3) is 0 Å². The van der Waals surface area contributed by atoms with E-state index in [1.165, 1.54) is 5.56 Å². The molecule has 6 nitrogen and oxygen atoms in total. The summed E-state index contributed by atoms with van der Waals surface area (Å²) in [5.74, 6) is 3.23. The van der Waals surface area contributed by atoms with Gasteiger partial charge in [0.05, 0.1) is 6.54 Å². The molecule has 2 heterocycles. The van der Waals surface area contributed by atoms with Crippen molar-refractivity contribution in [2.24, 2.45) is 10.2 Å². The van der Waals surface area contributed by atoms with Crippen LogP contribution in [0.4, 0.5) is 0 Å². The molecule has 3 rings (SSSR count). The monoisotopic (exact) mass is 297 g/mol. The quantitative estimate of drug-likeness (QED) is 0.781. The van der Waals surface area contributed by atoms with Gasteiger partial charge >= 0.3 is 0 Å². The first-order valence-electron chi connectivity index (χ1n) is 7.69. The van der Waals surface area contributed by atoms with Crippen LogP contribution in [0.3, 0.4) is 0 Å². The summed E-state index contributed by atoms with van der Waals surface area (Å²) in [5.41, 5.74) is 1.97. The number of hydrogen-bond acceptors (Lipinski definition) is 5. The number of amides is 1. The highest BCUT2D eigenvalue weighted by Crippen LogP contribution is 2.37. The largest absolute Gasteiger partial charge is 0.349 e. The fraction of sp³-hybridized carbons (Fsp3) is 0.562. The molecule has 1 aliphatic carbocycles. The van der Waals surface area contributed by atoms with Gasteiger partial charge in [0.2, 0.25) is 5.91 Å². The van der Waals surface area contributed by atoms with Gasteiger partial charge in [-0.2, -0.15) is 10.2 Å². The number of carbonyl (C=O) groups excluding carboxylic acids is 1. The zero-order valence-electron chi connectivity index (χ0n) is 12.5. The maximum absolute atomic E-state index is 11.9. The Kier molecular flexibility index (Phi) is 4.14. The van der Waals surface area contributed by atoms with Crippen LogP contribution in [0, 0.1) is 12.3 Å². The summed E-state index contributed by atoms with van der Waals surface area (Å²) in [6.07, 6.45) is 12.7. The van der Waals surface area contributed by atoms with Crippen LogP contribution in [0.2, 0.25) is 0 Å². The van der Waals surface area contributed by atoms with E-state index in [-0.39, 0.29) is 5.91 Å². The molecule has 0 unspecified atom stereocenters. The number of aromatic nitrogens is 2. The predicted octanol–water partition coefficient (Wildman–Crippen LogP) is 1.94. The molecule has 1 amide bonds. The summed E-state index contributed by atoms with van der Waals surface area (Å²) in [7, 11) is 0. The highest BCUT2D eigenvalue weighted by molar-refractivity contribution is 5.75. The van der Waals surface area contributed by atoms with Gasteiger partial charge in [0.15, 0.2) is 5.66 Å². The zero-order valence-corrected chi connectivity index (χ0v) is 12.5. The molecule has 0 saturated heterocycles. The molecule has 6 heteroatoms. The fourth-order valence-corrected chi connectivity index (χ4v) is 2.69. The Labute approximate surface area is 129 Å². The molecular weight excluding hydrogens is 278 g/mol. The van der Waals surface area contributed by atoms with Crippen LogP contribution >= 0.6 is 0 Å². The molecule has 1 aromatic rings. The predicted molar refractivity (Wildman–Crippen MR) is 80.8 cm³/mol. The number of nitrogens with one attached hydrogen (secondary N) is 1. The molecule has 0 aromatic carbocycles. The van der Waals surface area contributed by atoms with Gasteiger partial charge in [-0.1, -0.05) is 0 Å². The molecule has 2 aliphatic rings. The topological polar surface area (TPSA) is 79.6 Å². The maximum atomic E-state index is 11.9. The SMILES string of the molecule is C#CCCC1(CCC(=O)NCc2ncc3c(n2)CCC3)N=N1. The Balaban J connectivity index is 1.42. The van der Waals surface area contributed by atoms with Crippen molar-refractivity contribution in [1.82, 2.24) is 15.3 Å². The Hall–Kier alpha value is -2.29. The molecule has 0 fully saturated rings. The number of terminal acetylenes is 1. The fourth-order valence-electron chi connectivity index (χ4n) is 2.69. The van der Waals surface area contributed by atoms with E-state index in [1.807, 2.05) is 6.20 Å². The summed E-state index contributed by atoms with van der Waals surface area (Å²) in [6, 6.07) is 0. The van der Waals surface area contributed by atoms with E-state index in [0.717, 1.165) is 31.4 Å². The first kappa shape index (κ1) is 14.6. The van der Waals surface area contributed by atoms with E-state index in [4.69, 9.17) is 6.42 Å². The van der Waals surface area contributed by atoms with Gasteiger partial charge < -0.3 is 5.32 Å². The minimum absolute atomic E-state index is 0.0264. The van der Waals surface area contributed by atoms with Crippen LogP contribution in [0.15, 0.2) is 16.4 Å². The standard InChI is InChI=1S/C16H19N5O/c1-2-3-8-16(20-21-16)9-7-15(22)18-11-14-17-10-12-5-4-6-13(12)19-14/h1,10H,3-9,11H2,(H,18,22). The van der Waals surface area contributed by atoms with Gasteiger partial charge in [-0.3, -0.25) is 4.79 Å². The Morgan fingerprint density at radius 3 is 3.00 bits per heavy atom. The Morgan fingerprint density at radius 1 is 1.36 bits per heavy atom. The molecule has 0 bridgehead atoms. The van der Waals surface area contributed by atoms with Crippen molar-refractivity contribution in [2.75, 3.05) is 0 Å². The van der Waals surface area contributed by atoms with E-state index < -0.39 is 5.66 Å². The number of hydrogen-bond donors (Lipinski definition) is 1. The lowest BCUT2D eigenvalue weighted by molar-refractivity contribution is -0.121. The summed E-state index contributed by atoms with van der Waals surface area (Å²) >= 11 is 0. The molecule has 22 heavy (non-hydrogen) atoms. The number of rotatable bonds is 7. The van der Waals surface area contributed by atoms with Gasteiger partial charge in [0.1, 0.15) is 5.82 Å². The van der Waals surface area contributed by atoms with Gasteiger partial charge in [-0.15, -0.1) is 12.3 Å². The smallest absolute Gasteiger partial charge is 0.220 e. The second-order valence-corrected chi connectivity index (χ2v) is 5.78. The number of nitrogens with zero attached hydrogens (tertiary/aromatic N) is 4. The zero-order chi connectivity index (χ0) is 15.4. The molecule has 0 saturated carbocycles. The van der Waals surface area contributed by atoms with E-state index in [1.54, 1.807) is 0 Å². The highest BCUT2D eigenvalue weighted by atomic mass is 16.1. The summed E-state index contributed by atoms with van der Waals surface area (Å²) in [4.78, 5) is 20.7. The normalized spacial score (nSPS) is 16.9. The number of carbonyl (C=O) groups is 1. The van der Waals surface area contributed by atoms with Crippen molar-refractivity contribution in [3.05, 3.63) is 23.3 Å². The lowest BCUT2D eigenvalue weighted by atomic mass is 10.0. The molecular formula is C16H19N5O. The van der Waals surface area contributed by atoms with E-state index in [9.17, 15) is 4.79 Å². The van der Waals surface area contributed by atoms with E-state index in [2.05, 4.69) is 31.4 Å².